The molecule has 4 rings (SSSR count). The first-order valence-corrected chi connectivity index (χ1v) is 12.6. The summed E-state index contributed by atoms with van der Waals surface area (Å²) in [6.45, 7) is 9.94. The minimum Gasteiger partial charge on any atom is -0.342 e. The van der Waals surface area contributed by atoms with Crippen LogP contribution >= 0.6 is 0 Å². The second-order valence-electron chi connectivity index (χ2n) is 9.88. The van der Waals surface area contributed by atoms with E-state index in [1.807, 2.05) is 36.9 Å². The Morgan fingerprint density at radius 1 is 0.794 bits per heavy atom. The summed E-state index contributed by atoms with van der Waals surface area (Å²) in [5.41, 5.74) is 4.48. The van der Waals surface area contributed by atoms with Gasteiger partial charge in [-0.3, -0.25) is 19.4 Å². The lowest BCUT2D eigenvalue weighted by molar-refractivity contribution is -0.134. The highest BCUT2D eigenvalue weighted by Gasteiger charge is 2.26. The summed E-state index contributed by atoms with van der Waals surface area (Å²) in [6, 6.07) is 16.7. The number of nitrogens with zero attached hydrogens (tertiary/aromatic N) is 3. The Balaban J connectivity index is 1.15. The van der Waals surface area contributed by atoms with Gasteiger partial charge in [0.15, 0.2) is 0 Å². The summed E-state index contributed by atoms with van der Waals surface area (Å²) in [6.07, 6.45) is 3.29. The molecule has 2 saturated heterocycles. The third-order valence-corrected chi connectivity index (χ3v) is 7.27. The van der Waals surface area contributed by atoms with E-state index >= 15 is 0 Å². The molecular formula is C28H38N4O2. The number of anilines is 1. The van der Waals surface area contributed by atoms with Gasteiger partial charge in [0.05, 0.1) is 13.1 Å². The van der Waals surface area contributed by atoms with Gasteiger partial charge in [-0.2, -0.15) is 0 Å². The highest BCUT2D eigenvalue weighted by Crippen LogP contribution is 2.22. The molecule has 0 radical (unpaired) electrons. The first kappa shape index (κ1) is 24.4. The van der Waals surface area contributed by atoms with E-state index in [0.29, 0.717) is 19.0 Å². The SMILES string of the molecule is Cc1cccc(C)c1NC(=O)CN1CCN(CC(=O)N2CCC(Cc3ccccc3)CC2)CC1. The zero-order valence-electron chi connectivity index (χ0n) is 20.6. The predicted octanol–water partition coefficient (Wildman–Crippen LogP) is 3.34. The van der Waals surface area contributed by atoms with Crippen molar-refractivity contribution < 1.29 is 9.59 Å². The Morgan fingerprint density at radius 2 is 1.38 bits per heavy atom. The van der Waals surface area contributed by atoms with E-state index in [2.05, 4.69) is 45.4 Å². The van der Waals surface area contributed by atoms with Crippen LogP contribution in [0.2, 0.25) is 0 Å². The molecular weight excluding hydrogens is 424 g/mol. The first-order chi connectivity index (χ1) is 16.5. The molecule has 182 valence electrons. The molecule has 0 saturated carbocycles. The van der Waals surface area contributed by atoms with Crippen LogP contribution in [0.25, 0.3) is 0 Å². The van der Waals surface area contributed by atoms with Crippen LogP contribution in [-0.2, 0) is 16.0 Å². The molecule has 0 aromatic heterocycles. The van der Waals surface area contributed by atoms with Gasteiger partial charge in [0, 0.05) is 45.0 Å². The normalized spacial score (nSPS) is 18.1. The number of carbonyl (C=O) groups is 2. The van der Waals surface area contributed by atoms with Crippen molar-refractivity contribution in [2.75, 3.05) is 57.7 Å². The van der Waals surface area contributed by atoms with E-state index in [4.69, 9.17) is 0 Å². The molecule has 2 aliphatic heterocycles. The van der Waals surface area contributed by atoms with Crippen molar-refractivity contribution in [3.8, 4) is 0 Å². The van der Waals surface area contributed by atoms with E-state index in [-0.39, 0.29) is 11.8 Å². The van der Waals surface area contributed by atoms with Crippen LogP contribution in [0.15, 0.2) is 48.5 Å². The molecule has 2 heterocycles. The average Bonchev–Trinajstić information content (AvgIpc) is 2.84. The molecule has 0 atom stereocenters. The molecule has 2 aromatic rings. The number of benzene rings is 2. The summed E-state index contributed by atoms with van der Waals surface area (Å²) in [4.78, 5) is 31.9. The van der Waals surface area contributed by atoms with E-state index in [1.165, 1.54) is 5.56 Å². The van der Waals surface area contributed by atoms with Crippen LogP contribution in [0.3, 0.4) is 0 Å². The van der Waals surface area contributed by atoms with Gasteiger partial charge in [0.1, 0.15) is 0 Å². The molecule has 0 spiro atoms. The summed E-state index contributed by atoms with van der Waals surface area (Å²) >= 11 is 0. The van der Waals surface area contributed by atoms with Gasteiger partial charge in [-0.1, -0.05) is 48.5 Å². The average molecular weight is 463 g/mol. The van der Waals surface area contributed by atoms with Gasteiger partial charge in [0.25, 0.3) is 0 Å². The fourth-order valence-corrected chi connectivity index (χ4v) is 5.12. The molecule has 34 heavy (non-hydrogen) atoms. The minimum atomic E-state index is 0.0281. The Kier molecular flexibility index (Phi) is 8.35. The van der Waals surface area contributed by atoms with Crippen LogP contribution in [0.4, 0.5) is 5.69 Å². The fourth-order valence-electron chi connectivity index (χ4n) is 5.12. The number of piperidine rings is 1. The monoisotopic (exact) mass is 462 g/mol. The maximum Gasteiger partial charge on any atom is 0.238 e. The van der Waals surface area contributed by atoms with E-state index in [9.17, 15) is 9.59 Å². The van der Waals surface area contributed by atoms with Gasteiger partial charge in [-0.15, -0.1) is 0 Å². The smallest absolute Gasteiger partial charge is 0.238 e. The summed E-state index contributed by atoms with van der Waals surface area (Å²) in [5.74, 6) is 0.948. The maximum atomic E-state index is 12.9. The van der Waals surface area contributed by atoms with Crippen LogP contribution < -0.4 is 5.32 Å². The highest BCUT2D eigenvalue weighted by atomic mass is 16.2. The molecule has 0 unspecified atom stereocenters. The molecule has 1 N–H and O–H groups in total. The Hall–Kier alpha value is -2.70. The second kappa shape index (κ2) is 11.6. The fraction of sp³-hybridized carbons (Fsp3) is 0.500. The topological polar surface area (TPSA) is 55.9 Å². The molecule has 0 aliphatic carbocycles. The molecule has 0 bridgehead atoms. The number of carbonyl (C=O) groups excluding carboxylic acids is 2. The van der Waals surface area contributed by atoms with Crippen molar-refractivity contribution >= 4 is 17.5 Å². The predicted molar refractivity (Wildman–Crippen MR) is 137 cm³/mol. The molecule has 2 amide bonds. The summed E-state index contributed by atoms with van der Waals surface area (Å²) < 4.78 is 0. The van der Waals surface area contributed by atoms with Gasteiger partial charge >= 0.3 is 0 Å². The quantitative estimate of drug-likeness (QED) is 0.686. The number of rotatable bonds is 7. The highest BCUT2D eigenvalue weighted by molar-refractivity contribution is 5.93. The number of aryl methyl sites for hydroxylation is 2. The summed E-state index contributed by atoms with van der Waals surface area (Å²) in [7, 11) is 0. The standard InChI is InChI=1S/C28H38N4O2/c1-22-7-6-8-23(2)28(22)29-26(33)20-30-15-17-31(18-16-30)21-27(34)32-13-11-25(12-14-32)19-24-9-4-3-5-10-24/h3-10,25H,11-21H2,1-2H3,(H,29,33). The molecule has 2 aliphatic rings. The van der Waals surface area contributed by atoms with Gasteiger partial charge in [0.2, 0.25) is 11.8 Å². The van der Waals surface area contributed by atoms with Crippen LogP contribution in [0.5, 0.6) is 0 Å². The van der Waals surface area contributed by atoms with Crippen LogP contribution in [0, 0.1) is 19.8 Å². The molecule has 6 nitrogen and oxygen atoms in total. The van der Waals surface area contributed by atoms with Gasteiger partial charge in [-0.25, -0.2) is 0 Å². The molecule has 6 heteroatoms. The van der Waals surface area contributed by atoms with E-state index < -0.39 is 0 Å². The first-order valence-electron chi connectivity index (χ1n) is 12.6. The number of para-hydroxylation sites is 1. The number of amides is 2. The minimum absolute atomic E-state index is 0.0281. The number of hydrogen-bond donors (Lipinski definition) is 1. The third kappa shape index (κ3) is 6.67. The second-order valence-corrected chi connectivity index (χ2v) is 9.88. The van der Waals surface area contributed by atoms with Crippen molar-refractivity contribution in [1.29, 1.82) is 0 Å². The van der Waals surface area contributed by atoms with Crippen molar-refractivity contribution in [3.05, 3.63) is 65.2 Å². The molecule has 2 aromatic carbocycles. The number of piperazine rings is 1. The van der Waals surface area contributed by atoms with E-state index in [1.54, 1.807) is 0 Å². The maximum absolute atomic E-state index is 12.9. The lowest BCUT2D eigenvalue weighted by Gasteiger charge is -2.37. The van der Waals surface area contributed by atoms with Crippen LogP contribution in [0.1, 0.15) is 29.5 Å². The zero-order chi connectivity index (χ0) is 23.9. The largest absolute Gasteiger partial charge is 0.342 e. The van der Waals surface area contributed by atoms with Crippen molar-refractivity contribution in [2.24, 2.45) is 5.92 Å². The number of hydrogen-bond acceptors (Lipinski definition) is 4. The van der Waals surface area contributed by atoms with Gasteiger partial charge < -0.3 is 10.2 Å². The number of nitrogens with one attached hydrogen (secondary N) is 1. The Labute approximate surface area is 203 Å². The Bertz CT molecular complexity index is 941. The van der Waals surface area contributed by atoms with Crippen molar-refractivity contribution in [2.45, 2.75) is 33.1 Å². The van der Waals surface area contributed by atoms with Crippen molar-refractivity contribution in [3.63, 3.8) is 0 Å². The zero-order valence-corrected chi connectivity index (χ0v) is 20.6. The Morgan fingerprint density at radius 3 is 2.00 bits per heavy atom. The number of likely N-dealkylation sites (tertiary alicyclic amines) is 1. The van der Waals surface area contributed by atoms with Crippen molar-refractivity contribution in [1.82, 2.24) is 14.7 Å². The van der Waals surface area contributed by atoms with Gasteiger partial charge in [-0.05, 0) is 55.7 Å². The van der Waals surface area contributed by atoms with E-state index in [0.717, 1.165) is 75.3 Å². The van der Waals surface area contributed by atoms with Crippen LogP contribution in [-0.4, -0.2) is 78.9 Å². The third-order valence-electron chi connectivity index (χ3n) is 7.27. The summed E-state index contributed by atoms with van der Waals surface area (Å²) in [5, 5.41) is 3.08. The lowest BCUT2D eigenvalue weighted by Crippen LogP contribution is -2.52. The lowest BCUT2D eigenvalue weighted by atomic mass is 9.90. The molecule has 2 fully saturated rings.